The molecule has 0 aliphatic rings. The van der Waals surface area contributed by atoms with Crippen LogP contribution in [0.15, 0.2) is 12.7 Å². The Hall–Kier alpha value is -1.43. The van der Waals surface area contributed by atoms with Gasteiger partial charge in [-0.05, 0) is 13.3 Å². The second kappa shape index (κ2) is 7.81. The molecule has 2 unspecified atom stereocenters. The third-order valence-electron chi connectivity index (χ3n) is 1.83. The van der Waals surface area contributed by atoms with Crippen molar-refractivity contribution < 1.29 is 23.8 Å². The number of carbonyl (C=O) groups is 2. The molecule has 16 heavy (non-hydrogen) atoms. The Bertz CT molecular complexity index is 257. The van der Waals surface area contributed by atoms with Gasteiger partial charge in [-0.1, -0.05) is 6.08 Å². The third kappa shape index (κ3) is 5.45. The number of aliphatic carboxylic acids is 1. The molecule has 0 aliphatic heterocycles. The van der Waals surface area contributed by atoms with Crippen LogP contribution in [0.5, 0.6) is 0 Å². The Balaban J connectivity index is 4.02. The van der Waals surface area contributed by atoms with Gasteiger partial charge in [-0.3, -0.25) is 4.79 Å². The number of carboxylic acids is 1. The molecule has 5 nitrogen and oxygen atoms in total. The van der Waals surface area contributed by atoms with Crippen molar-refractivity contribution in [3.05, 3.63) is 12.7 Å². The molecule has 0 bridgehead atoms. The van der Waals surface area contributed by atoms with Gasteiger partial charge in [-0.2, -0.15) is 0 Å². The minimum atomic E-state index is -1.52. The summed E-state index contributed by atoms with van der Waals surface area (Å²) < 4.78 is 17.3. The van der Waals surface area contributed by atoms with Crippen molar-refractivity contribution in [2.45, 2.75) is 25.5 Å². The highest BCUT2D eigenvalue weighted by molar-refractivity contribution is 5.86. The lowest BCUT2D eigenvalue weighted by molar-refractivity contribution is -0.144. The number of ether oxygens (including phenoxy) is 1. The van der Waals surface area contributed by atoms with Crippen LogP contribution >= 0.6 is 0 Å². The van der Waals surface area contributed by atoms with Gasteiger partial charge in [0, 0.05) is 0 Å². The maximum atomic E-state index is 12.2. The molecule has 0 aromatic heterocycles. The fraction of sp³-hybridized carbons (Fsp3) is 0.600. The van der Waals surface area contributed by atoms with Gasteiger partial charge in [0.1, 0.15) is 12.8 Å². The molecule has 0 spiro atoms. The number of alkyl halides is 1. The smallest absolute Gasteiger partial charge is 0.328 e. The molecular weight excluding hydrogens is 217 g/mol. The van der Waals surface area contributed by atoms with Gasteiger partial charge < -0.3 is 15.2 Å². The van der Waals surface area contributed by atoms with E-state index < -0.39 is 30.7 Å². The lowest BCUT2D eigenvalue weighted by atomic mass is 10.3. The molecule has 2 N–H and O–H groups in total. The Labute approximate surface area is 93.3 Å². The van der Waals surface area contributed by atoms with Crippen molar-refractivity contribution in [3.63, 3.8) is 0 Å². The lowest BCUT2D eigenvalue weighted by Crippen LogP contribution is -2.46. The first-order valence-electron chi connectivity index (χ1n) is 4.84. The summed E-state index contributed by atoms with van der Waals surface area (Å²) >= 11 is 0. The zero-order chi connectivity index (χ0) is 12.6. The summed E-state index contributed by atoms with van der Waals surface area (Å²) in [5.41, 5.74) is 0. The molecule has 2 atom stereocenters. The van der Waals surface area contributed by atoms with Crippen LogP contribution in [0.4, 0.5) is 4.39 Å². The van der Waals surface area contributed by atoms with E-state index in [1.54, 1.807) is 6.08 Å². The molecule has 0 saturated heterocycles. The maximum Gasteiger partial charge on any atom is 0.328 e. The normalized spacial score (nSPS) is 13.9. The quantitative estimate of drug-likeness (QED) is 0.473. The molecule has 0 radical (unpaired) electrons. The molecule has 0 heterocycles. The van der Waals surface area contributed by atoms with E-state index in [-0.39, 0.29) is 0 Å². The van der Waals surface area contributed by atoms with E-state index >= 15 is 0 Å². The SMILES string of the molecule is C=CCCOC(C)C(=O)NC(CF)C(=O)O. The second-order valence-electron chi connectivity index (χ2n) is 3.14. The van der Waals surface area contributed by atoms with E-state index in [9.17, 15) is 14.0 Å². The minimum Gasteiger partial charge on any atom is -0.480 e. The van der Waals surface area contributed by atoms with Crippen molar-refractivity contribution in [2.75, 3.05) is 13.3 Å². The van der Waals surface area contributed by atoms with E-state index in [1.165, 1.54) is 6.92 Å². The minimum absolute atomic E-state index is 0.311. The van der Waals surface area contributed by atoms with Gasteiger partial charge in [0.2, 0.25) is 5.91 Å². The second-order valence-corrected chi connectivity index (χ2v) is 3.14. The molecular formula is C10H16FNO4. The van der Waals surface area contributed by atoms with Gasteiger partial charge in [0.25, 0.3) is 0 Å². The number of rotatable bonds is 8. The average molecular weight is 233 g/mol. The van der Waals surface area contributed by atoms with Gasteiger partial charge in [-0.15, -0.1) is 6.58 Å². The molecule has 0 aromatic carbocycles. The van der Waals surface area contributed by atoms with E-state index in [1.807, 2.05) is 5.32 Å². The van der Waals surface area contributed by atoms with E-state index in [2.05, 4.69) is 6.58 Å². The van der Waals surface area contributed by atoms with Gasteiger partial charge >= 0.3 is 5.97 Å². The standard InChI is InChI=1S/C10H16FNO4/c1-3-4-5-16-7(2)9(13)12-8(6-11)10(14)15/h3,7-8H,1,4-6H2,2H3,(H,12,13)(H,14,15). The number of nitrogens with one attached hydrogen (secondary N) is 1. The van der Waals surface area contributed by atoms with Crippen LogP contribution in [0.25, 0.3) is 0 Å². The van der Waals surface area contributed by atoms with E-state index in [0.29, 0.717) is 13.0 Å². The molecule has 1 amide bonds. The Morgan fingerprint density at radius 2 is 2.25 bits per heavy atom. The summed E-state index contributed by atoms with van der Waals surface area (Å²) in [5.74, 6) is -2.05. The van der Waals surface area contributed by atoms with Crippen LogP contribution in [0.3, 0.4) is 0 Å². The topological polar surface area (TPSA) is 75.6 Å². The fourth-order valence-corrected chi connectivity index (χ4v) is 0.859. The number of amides is 1. The predicted octanol–water partition coefficient (Wildman–Crippen LogP) is 0.506. The summed E-state index contributed by atoms with van der Waals surface area (Å²) in [6.07, 6.45) is 1.41. The molecule has 0 saturated carbocycles. The average Bonchev–Trinajstić information content (AvgIpc) is 2.25. The van der Waals surface area contributed by atoms with Crippen molar-refractivity contribution in [1.82, 2.24) is 5.32 Å². The number of halogens is 1. The summed E-state index contributed by atoms with van der Waals surface area (Å²) in [5, 5.41) is 10.5. The highest BCUT2D eigenvalue weighted by atomic mass is 19.1. The van der Waals surface area contributed by atoms with Crippen LogP contribution in [0.2, 0.25) is 0 Å². The van der Waals surface area contributed by atoms with Gasteiger partial charge in [0.15, 0.2) is 6.04 Å². The maximum absolute atomic E-state index is 12.2. The van der Waals surface area contributed by atoms with Crippen LogP contribution in [0.1, 0.15) is 13.3 Å². The number of carbonyl (C=O) groups excluding carboxylic acids is 1. The Morgan fingerprint density at radius 1 is 1.62 bits per heavy atom. The number of hydrogen-bond acceptors (Lipinski definition) is 3. The van der Waals surface area contributed by atoms with Gasteiger partial charge in [-0.25, -0.2) is 9.18 Å². The highest BCUT2D eigenvalue weighted by Gasteiger charge is 2.22. The Kier molecular flexibility index (Phi) is 7.11. The summed E-state index contributed by atoms with van der Waals surface area (Å²) in [6, 6.07) is -1.52. The third-order valence-corrected chi connectivity index (χ3v) is 1.83. The first-order chi connectivity index (χ1) is 7.52. The van der Waals surface area contributed by atoms with Crippen molar-refractivity contribution in [2.24, 2.45) is 0 Å². The lowest BCUT2D eigenvalue weighted by Gasteiger charge is -2.15. The first-order valence-corrected chi connectivity index (χ1v) is 4.84. The zero-order valence-corrected chi connectivity index (χ0v) is 9.11. The summed E-state index contributed by atoms with van der Waals surface area (Å²) in [6.45, 7) is 4.11. The van der Waals surface area contributed by atoms with Crippen LogP contribution in [-0.2, 0) is 14.3 Å². The zero-order valence-electron chi connectivity index (χ0n) is 9.11. The van der Waals surface area contributed by atoms with E-state index in [0.717, 1.165) is 0 Å². The van der Waals surface area contributed by atoms with Crippen molar-refractivity contribution >= 4 is 11.9 Å². The van der Waals surface area contributed by atoms with E-state index in [4.69, 9.17) is 9.84 Å². The van der Waals surface area contributed by atoms with Gasteiger partial charge in [0.05, 0.1) is 6.61 Å². The first kappa shape index (κ1) is 14.6. The largest absolute Gasteiger partial charge is 0.480 e. The fourth-order valence-electron chi connectivity index (χ4n) is 0.859. The molecule has 0 rings (SSSR count). The molecule has 6 heteroatoms. The number of hydrogen-bond donors (Lipinski definition) is 2. The van der Waals surface area contributed by atoms with Crippen LogP contribution < -0.4 is 5.32 Å². The monoisotopic (exact) mass is 233 g/mol. The van der Waals surface area contributed by atoms with Crippen molar-refractivity contribution in [1.29, 1.82) is 0 Å². The van der Waals surface area contributed by atoms with Crippen LogP contribution in [-0.4, -0.2) is 42.4 Å². The molecule has 0 aliphatic carbocycles. The number of carboxylic acid groups (broad SMARTS) is 1. The highest BCUT2D eigenvalue weighted by Crippen LogP contribution is 1.95. The molecule has 92 valence electrons. The summed E-state index contributed by atoms with van der Waals surface area (Å²) in [4.78, 5) is 21.8. The van der Waals surface area contributed by atoms with Crippen LogP contribution in [0, 0.1) is 0 Å². The molecule has 0 aromatic rings. The molecule has 0 fully saturated rings. The Morgan fingerprint density at radius 3 is 2.69 bits per heavy atom. The van der Waals surface area contributed by atoms with Crippen molar-refractivity contribution in [3.8, 4) is 0 Å². The summed E-state index contributed by atoms with van der Waals surface area (Å²) in [7, 11) is 0. The predicted molar refractivity (Wildman–Crippen MR) is 55.8 cm³/mol.